The average molecular weight is 496 g/mol. The standard InChI is InChI=1S/C24H37N3O4S2/c1-23-9-8-18(29)24(2,13-28)17(23)11-16-21(27-22(33-16)26-20(31)12-32-3)15(23)10-19(30)25-14-6-4-5-7-14/h14-15,17-18,28-29H,4-13H2,1-3H3,(H,25,30)(H,26,27,31). The predicted octanol–water partition coefficient (Wildman–Crippen LogP) is 3.31. The first-order chi connectivity index (χ1) is 15.7. The molecule has 1 aromatic heterocycles. The molecule has 5 atom stereocenters. The van der Waals surface area contributed by atoms with Crippen LogP contribution >= 0.6 is 23.1 Å². The maximum absolute atomic E-state index is 13.2. The fraction of sp³-hybridized carbons (Fsp3) is 0.792. The maximum atomic E-state index is 13.2. The minimum atomic E-state index is -0.642. The molecule has 33 heavy (non-hydrogen) atoms. The Hall–Kier alpha value is -1.16. The molecule has 9 heteroatoms. The molecule has 184 valence electrons. The van der Waals surface area contributed by atoms with Gasteiger partial charge >= 0.3 is 0 Å². The summed E-state index contributed by atoms with van der Waals surface area (Å²) >= 11 is 2.94. The molecule has 5 unspecified atom stereocenters. The molecule has 3 aliphatic rings. The van der Waals surface area contributed by atoms with Crippen LogP contribution < -0.4 is 10.6 Å². The minimum absolute atomic E-state index is 0.0192. The van der Waals surface area contributed by atoms with E-state index in [1.165, 1.54) is 23.1 Å². The van der Waals surface area contributed by atoms with Crippen LogP contribution in [0.4, 0.5) is 5.13 Å². The SMILES string of the molecule is CSCC(=O)Nc1nc2c(s1)CC1C(C)(CO)C(O)CCC1(C)C2CC(=O)NC1CCCC1. The van der Waals surface area contributed by atoms with Gasteiger partial charge in [0.05, 0.1) is 24.2 Å². The molecule has 0 spiro atoms. The molecular formula is C24H37N3O4S2. The van der Waals surface area contributed by atoms with E-state index in [0.717, 1.165) is 42.7 Å². The van der Waals surface area contributed by atoms with Crippen LogP contribution in [-0.2, 0) is 16.0 Å². The fourth-order valence-corrected chi connectivity index (χ4v) is 7.95. The van der Waals surface area contributed by atoms with Crippen molar-refractivity contribution in [2.45, 2.75) is 83.3 Å². The maximum Gasteiger partial charge on any atom is 0.236 e. The van der Waals surface area contributed by atoms with Crippen molar-refractivity contribution in [3.63, 3.8) is 0 Å². The van der Waals surface area contributed by atoms with Crippen LogP contribution in [-0.4, -0.2) is 57.8 Å². The van der Waals surface area contributed by atoms with Gasteiger partial charge < -0.3 is 20.8 Å². The zero-order valence-electron chi connectivity index (χ0n) is 19.9. The monoisotopic (exact) mass is 495 g/mol. The molecule has 2 fully saturated rings. The quantitative estimate of drug-likeness (QED) is 0.462. The Bertz CT molecular complexity index is 887. The van der Waals surface area contributed by atoms with Gasteiger partial charge in [-0.25, -0.2) is 4.98 Å². The van der Waals surface area contributed by atoms with Crippen LogP contribution in [0.3, 0.4) is 0 Å². The Labute approximate surface area is 204 Å². The van der Waals surface area contributed by atoms with E-state index in [4.69, 9.17) is 4.98 Å². The van der Waals surface area contributed by atoms with Crippen molar-refractivity contribution in [3.8, 4) is 0 Å². The first-order valence-corrected chi connectivity index (χ1v) is 14.3. The second-order valence-electron chi connectivity index (χ2n) is 10.6. The number of anilines is 1. The van der Waals surface area contributed by atoms with Crippen molar-refractivity contribution in [1.29, 1.82) is 0 Å². The fourth-order valence-electron chi connectivity index (χ4n) is 6.53. The lowest BCUT2D eigenvalue weighted by Crippen LogP contribution is -2.57. The summed E-state index contributed by atoms with van der Waals surface area (Å²) in [6.07, 6.45) is 8.13. The molecule has 0 saturated heterocycles. The van der Waals surface area contributed by atoms with E-state index in [1.54, 1.807) is 0 Å². The molecule has 0 bridgehead atoms. The Kier molecular flexibility index (Phi) is 7.44. The van der Waals surface area contributed by atoms with Crippen molar-refractivity contribution in [1.82, 2.24) is 10.3 Å². The number of aliphatic hydroxyl groups is 2. The van der Waals surface area contributed by atoms with Crippen molar-refractivity contribution in [2.75, 3.05) is 23.9 Å². The summed E-state index contributed by atoms with van der Waals surface area (Å²) in [5.41, 5.74) is -0.000835. The van der Waals surface area contributed by atoms with Crippen molar-refractivity contribution in [3.05, 3.63) is 10.6 Å². The third-order valence-electron chi connectivity index (χ3n) is 8.53. The van der Waals surface area contributed by atoms with Crippen LogP contribution in [0.15, 0.2) is 0 Å². The molecule has 0 aliphatic heterocycles. The Morgan fingerprint density at radius 3 is 2.61 bits per heavy atom. The molecule has 0 aromatic carbocycles. The number of nitrogens with one attached hydrogen (secondary N) is 2. The summed E-state index contributed by atoms with van der Waals surface area (Å²) in [4.78, 5) is 31.2. The summed E-state index contributed by atoms with van der Waals surface area (Å²) < 4.78 is 0. The Morgan fingerprint density at radius 2 is 1.94 bits per heavy atom. The lowest BCUT2D eigenvalue weighted by atomic mass is 9.47. The second kappa shape index (κ2) is 9.84. The first-order valence-electron chi connectivity index (χ1n) is 12.1. The van der Waals surface area contributed by atoms with Gasteiger partial charge in [-0.05, 0) is 49.7 Å². The summed E-state index contributed by atoms with van der Waals surface area (Å²) in [5.74, 6) is 0.243. The van der Waals surface area contributed by atoms with Crippen LogP contribution in [0.25, 0.3) is 0 Å². The van der Waals surface area contributed by atoms with Gasteiger partial charge in [-0.2, -0.15) is 11.8 Å². The summed E-state index contributed by atoms with van der Waals surface area (Å²) in [7, 11) is 0. The molecular weight excluding hydrogens is 458 g/mol. The number of carbonyl (C=O) groups excluding carboxylic acids is 2. The van der Waals surface area contributed by atoms with Gasteiger partial charge in [0.15, 0.2) is 5.13 Å². The summed E-state index contributed by atoms with van der Waals surface area (Å²) in [5, 5.41) is 27.9. The first kappa shape index (κ1) is 24.9. The van der Waals surface area contributed by atoms with Crippen LogP contribution in [0, 0.1) is 16.7 Å². The molecule has 7 nitrogen and oxygen atoms in total. The van der Waals surface area contributed by atoms with Crippen LogP contribution in [0.1, 0.15) is 75.3 Å². The number of aromatic nitrogens is 1. The van der Waals surface area contributed by atoms with E-state index in [1.807, 2.05) is 13.2 Å². The summed E-state index contributed by atoms with van der Waals surface area (Å²) in [6.45, 7) is 4.09. The van der Waals surface area contributed by atoms with E-state index < -0.39 is 11.5 Å². The zero-order valence-corrected chi connectivity index (χ0v) is 21.5. The lowest BCUT2D eigenvalue weighted by molar-refractivity contribution is -0.144. The molecule has 0 radical (unpaired) electrons. The number of rotatable bonds is 7. The number of hydrogen-bond donors (Lipinski definition) is 4. The number of aliphatic hydroxyl groups excluding tert-OH is 2. The number of thiazole rings is 1. The highest BCUT2D eigenvalue weighted by atomic mass is 32.2. The molecule has 3 aliphatic carbocycles. The van der Waals surface area contributed by atoms with Gasteiger partial charge in [-0.15, -0.1) is 11.3 Å². The normalized spacial score (nSPS) is 33.9. The van der Waals surface area contributed by atoms with E-state index in [-0.39, 0.29) is 41.7 Å². The Morgan fingerprint density at radius 1 is 1.21 bits per heavy atom. The number of hydrogen-bond acceptors (Lipinski definition) is 7. The van der Waals surface area contributed by atoms with Crippen LogP contribution in [0.2, 0.25) is 0 Å². The van der Waals surface area contributed by atoms with Crippen molar-refractivity contribution < 1.29 is 19.8 Å². The zero-order chi connectivity index (χ0) is 23.8. The molecule has 4 rings (SSSR count). The smallest absolute Gasteiger partial charge is 0.236 e. The van der Waals surface area contributed by atoms with Gasteiger partial charge in [0, 0.05) is 28.7 Å². The van der Waals surface area contributed by atoms with E-state index in [0.29, 0.717) is 30.1 Å². The lowest BCUT2D eigenvalue weighted by Gasteiger charge is -2.58. The highest BCUT2D eigenvalue weighted by molar-refractivity contribution is 7.99. The van der Waals surface area contributed by atoms with Gasteiger partial charge in [0.2, 0.25) is 11.8 Å². The third kappa shape index (κ3) is 4.70. The average Bonchev–Trinajstić information content (AvgIpc) is 3.42. The number of carbonyl (C=O) groups is 2. The van der Waals surface area contributed by atoms with Gasteiger partial charge in [-0.3, -0.25) is 9.59 Å². The number of fused-ring (bicyclic) bond motifs is 2. The second-order valence-corrected chi connectivity index (χ2v) is 12.5. The van der Waals surface area contributed by atoms with E-state index in [2.05, 4.69) is 17.6 Å². The highest BCUT2D eigenvalue weighted by Crippen LogP contribution is 2.62. The Balaban J connectivity index is 1.67. The highest BCUT2D eigenvalue weighted by Gasteiger charge is 2.59. The molecule has 2 amide bonds. The largest absolute Gasteiger partial charge is 0.396 e. The van der Waals surface area contributed by atoms with E-state index >= 15 is 0 Å². The summed E-state index contributed by atoms with van der Waals surface area (Å²) in [6, 6.07) is 0.261. The topological polar surface area (TPSA) is 112 Å². The van der Waals surface area contributed by atoms with Crippen molar-refractivity contribution in [2.24, 2.45) is 16.7 Å². The van der Waals surface area contributed by atoms with Crippen molar-refractivity contribution >= 4 is 40.0 Å². The third-order valence-corrected chi connectivity index (χ3v) is 10.1. The van der Waals surface area contributed by atoms with Crippen LogP contribution in [0.5, 0.6) is 0 Å². The molecule has 2 saturated carbocycles. The van der Waals surface area contributed by atoms with Gasteiger partial charge in [-0.1, -0.05) is 26.7 Å². The number of amides is 2. The predicted molar refractivity (Wildman–Crippen MR) is 133 cm³/mol. The van der Waals surface area contributed by atoms with Gasteiger partial charge in [0.25, 0.3) is 0 Å². The molecule has 1 heterocycles. The van der Waals surface area contributed by atoms with E-state index in [9.17, 15) is 19.8 Å². The molecule has 1 aromatic rings. The number of nitrogens with zero attached hydrogens (tertiary/aromatic N) is 1. The molecule has 4 N–H and O–H groups in total. The minimum Gasteiger partial charge on any atom is -0.396 e. The van der Waals surface area contributed by atoms with Gasteiger partial charge in [0.1, 0.15) is 0 Å². The number of thioether (sulfide) groups is 1.